The highest BCUT2D eigenvalue weighted by Gasteiger charge is 2.14. The van der Waals surface area contributed by atoms with Crippen molar-refractivity contribution in [3.63, 3.8) is 0 Å². The topological polar surface area (TPSA) is 12.4 Å². The summed E-state index contributed by atoms with van der Waals surface area (Å²) in [5.74, 6) is 0. The normalized spacial score (nSPS) is 21.6. The van der Waals surface area contributed by atoms with Crippen molar-refractivity contribution in [2.45, 2.75) is 24.7 Å². The predicted octanol–water partition coefficient (Wildman–Crippen LogP) is 2.07. The SMILES string of the molecule is Cc1ccccc1C1=N[CH]([Al])CC1. The highest BCUT2D eigenvalue weighted by atomic mass is 27.0. The van der Waals surface area contributed by atoms with Crippen LogP contribution in [0.25, 0.3) is 0 Å². The Morgan fingerprint density at radius 3 is 2.77 bits per heavy atom. The molecule has 13 heavy (non-hydrogen) atoms. The summed E-state index contributed by atoms with van der Waals surface area (Å²) in [6.45, 7) is 2.15. The van der Waals surface area contributed by atoms with Crippen LogP contribution in [0.4, 0.5) is 0 Å². The van der Waals surface area contributed by atoms with Gasteiger partial charge in [-0.2, -0.15) is 0 Å². The third-order valence-corrected chi connectivity index (χ3v) is 2.94. The van der Waals surface area contributed by atoms with Gasteiger partial charge in [0.15, 0.2) is 16.3 Å². The average Bonchev–Trinajstić information content (AvgIpc) is 2.53. The van der Waals surface area contributed by atoms with Crippen LogP contribution in [0.15, 0.2) is 29.3 Å². The highest BCUT2D eigenvalue weighted by Crippen LogP contribution is 2.18. The molecule has 2 radical (unpaired) electrons. The maximum atomic E-state index is 4.60. The zero-order valence-corrected chi connectivity index (χ0v) is 8.98. The summed E-state index contributed by atoms with van der Waals surface area (Å²) in [6.07, 6.45) is 2.30. The van der Waals surface area contributed by atoms with Crippen molar-refractivity contribution in [2.75, 3.05) is 0 Å². The fourth-order valence-corrected chi connectivity index (χ4v) is 2.06. The minimum atomic E-state index is 0.439. The Bertz CT molecular complexity index is 344. The number of nitrogens with zero attached hydrogens (tertiary/aromatic N) is 1. The van der Waals surface area contributed by atoms with E-state index in [1.165, 1.54) is 23.3 Å². The third-order valence-electron chi connectivity index (χ3n) is 2.45. The number of rotatable bonds is 1. The van der Waals surface area contributed by atoms with Gasteiger partial charge in [0.1, 0.15) is 0 Å². The van der Waals surface area contributed by atoms with Crippen molar-refractivity contribution in [2.24, 2.45) is 4.99 Å². The van der Waals surface area contributed by atoms with Crippen molar-refractivity contribution in [3.05, 3.63) is 35.4 Å². The molecule has 1 aromatic rings. The van der Waals surface area contributed by atoms with Crippen molar-refractivity contribution in [1.29, 1.82) is 0 Å². The third kappa shape index (κ3) is 1.85. The van der Waals surface area contributed by atoms with Crippen LogP contribution in [0.5, 0.6) is 0 Å². The molecule has 0 bridgehead atoms. The van der Waals surface area contributed by atoms with Gasteiger partial charge in [-0.05, 0) is 35.8 Å². The van der Waals surface area contributed by atoms with Crippen LogP contribution in [0.3, 0.4) is 0 Å². The van der Waals surface area contributed by atoms with Crippen molar-refractivity contribution in [1.82, 2.24) is 0 Å². The van der Waals surface area contributed by atoms with Gasteiger partial charge in [0.2, 0.25) is 0 Å². The maximum absolute atomic E-state index is 4.60. The zero-order chi connectivity index (χ0) is 9.26. The fourth-order valence-electron chi connectivity index (χ4n) is 1.71. The van der Waals surface area contributed by atoms with Gasteiger partial charge < -0.3 is 4.99 Å². The second kappa shape index (κ2) is 3.66. The van der Waals surface area contributed by atoms with Crippen LogP contribution in [0, 0.1) is 6.92 Å². The fraction of sp³-hybridized carbons (Fsp3) is 0.364. The lowest BCUT2D eigenvalue weighted by atomic mass is 10.0. The number of hydrogen-bond acceptors (Lipinski definition) is 1. The lowest BCUT2D eigenvalue weighted by Gasteiger charge is -2.03. The minimum Gasteiger partial charge on any atom is -0.303 e. The molecule has 0 aliphatic carbocycles. The molecule has 0 fully saturated rings. The molecule has 0 saturated heterocycles. The first-order chi connectivity index (χ1) is 6.27. The molecule has 1 nitrogen and oxygen atoms in total. The van der Waals surface area contributed by atoms with Crippen molar-refractivity contribution in [3.8, 4) is 0 Å². The van der Waals surface area contributed by atoms with E-state index in [4.69, 9.17) is 0 Å². The quantitative estimate of drug-likeness (QED) is 0.594. The summed E-state index contributed by atoms with van der Waals surface area (Å²) >= 11 is 2.78. The summed E-state index contributed by atoms with van der Waals surface area (Å²) < 4.78 is 0. The first-order valence-corrected chi connectivity index (χ1v) is 5.32. The Balaban J connectivity index is 2.36. The standard InChI is InChI=1S/C11H12N.Al/c1-9-5-2-3-6-10(9)11-7-4-8-12-11;/h2-3,5-6,8H,4,7H2,1H3;. The molecule has 0 N–H and O–H groups in total. The van der Waals surface area contributed by atoms with Crippen molar-refractivity contribution >= 4 is 22.0 Å². The Labute approximate surface area is 87.3 Å². The lowest BCUT2D eigenvalue weighted by Crippen LogP contribution is -1.98. The van der Waals surface area contributed by atoms with Crippen LogP contribution in [-0.4, -0.2) is 26.9 Å². The van der Waals surface area contributed by atoms with E-state index in [2.05, 4.69) is 52.5 Å². The van der Waals surface area contributed by atoms with E-state index in [1.54, 1.807) is 0 Å². The first kappa shape index (κ1) is 9.00. The monoisotopic (exact) mass is 185 g/mol. The molecular formula is C11H12AlN. The number of benzene rings is 1. The van der Waals surface area contributed by atoms with E-state index in [1.807, 2.05) is 0 Å². The molecule has 1 aliphatic rings. The van der Waals surface area contributed by atoms with Crippen LogP contribution < -0.4 is 0 Å². The minimum absolute atomic E-state index is 0.439. The molecule has 1 aromatic carbocycles. The highest BCUT2D eigenvalue weighted by molar-refractivity contribution is 6.15. The van der Waals surface area contributed by atoms with E-state index in [9.17, 15) is 0 Å². The Hall–Kier alpha value is -0.578. The molecule has 2 rings (SSSR count). The largest absolute Gasteiger partial charge is 0.303 e. The molecule has 64 valence electrons. The molecule has 0 spiro atoms. The summed E-state index contributed by atoms with van der Waals surface area (Å²) in [5.41, 5.74) is 3.94. The van der Waals surface area contributed by atoms with Gasteiger partial charge in [-0.25, -0.2) is 0 Å². The summed E-state index contributed by atoms with van der Waals surface area (Å²) in [7, 11) is 0. The van der Waals surface area contributed by atoms with Crippen LogP contribution in [-0.2, 0) is 0 Å². The van der Waals surface area contributed by atoms with Crippen LogP contribution >= 0.6 is 0 Å². The summed E-state index contributed by atoms with van der Waals surface area (Å²) in [5, 5.41) is 0. The smallest absolute Gasteiger partial charge is 0.162 e. The number of aliphatic imine (C=N–C) groups is 1. The van der Waals surface area contributed by atoms with Gasteiger partial charge in [-0.3, -0.25) is 0 Å². The van der Waals surface area contributed by atoms with Gasteiger partial charge in [-0.1, -0.05) is 24.3 Å². The second-order valence-corrected chi connectivity index (χ2v) is 4.27. The molecule has 0 aromatic heterocycles. The molecular weight excluding hydrogens is 173 g/mol. The molecule has 0 saturated carbocycles. The second-order valence-electron chi connectivity index (χ2n) is 3.50. The van der Waals surface area contributed by atoms with Gasteiger partial charge in [0.25, 0.3) is 0 Å². The van der Waals surface area contributed by atoms with Gasteiger partial charge >= 0.3 is 0 Å². The Morgan fingerprint density at radius 2 is 2.15 bits per heavy atom. The van der Waals surface area contributed by atoms with Crippen LogP contribution in [0.1, 0.15) is 24.0 Å². The van der Waals surface area contributed by atoms with E-state index in [0.717, 1.165) is 6.42 Å². The first-order valence-electron chi connectivity index (χ1n) is 4.65. The van der Waals surface area contributed by atoms with E-state index < -0.39 is 0 Å². The van der Waals surface area contributed by atoms with Crippen LogP contribution in [0.2, 0.25) is 0 Å². The van der Waals surface area contributed by atoms with Crippen molar-refractivity contribution < 1.29 is 0 Å². The Kier molecular flexibility index (Phi) is 2.53. The van der Waals surface area contributed by atoms with Gasteiger partial charge in [-0.15, -0.1) is 0 Å². The summed E-state index contributed by atoms with van der Waals surface area (Å²) in [6, 6.07) is 8.47. The molecule has 1 heterocycles. The maximum Gasteiger partial charge on any atom is 0.162 e. The molecule has 2 heteroatoms. The van der Waals surface area contributed by atoms with E-state index in [-0.39, 0.29) is 0 Å². The molecule has 1 atom stereocenters. The number of aryl methyl sites for hydroxylation is 1. The molecule has 1 aliphatic heterocycles. The van der Waals surface area contributed by atoms with Gasteiger partial charge in [0, 0.05) is 5.71 Å². The van der Waals surface area contributed by atoms with E-state index >= 15 is 0 Å². The lowest BCUT2D eigenvalue weighted by molar-refractivity contribution is 0.879. The molecule has 1 unspecified atom stereocenters. The molecule has 0 amide bonds. The summed E-state index contributed by atoms with van der Waals surface area (Å²) in [4.78, 5) is 5.04. The van der Waals surface area contributed by atoms with Gasteiger partial charge in [0.05, 0.1) is 0 Å². The average molecular weight is 185 g/mol. The Morgan fingerprint density at radius 1 is 1.38 bits per heavy atom. The number of hydrogen-bond donors (Lipinski definition) is 0. The van der Waals surface area contributed by atoms with E-state index in [0.29, 0.717) is 4.90 Å². The predicted molar refractivity (Wildman–Crippen MR) is 56.5 cm³/mol. The zero-order valence-electron chi connectivity index (χ0n) is 7.83.